The normalized spacial score (nSPS) is 11.0. The maximum Gasteiger partial charge on any atom is 0.191 e. The van der Waals surface area contributed by atoms with Crippen LogP contribution in [0.3, 0.4) is 0 Å². The minimum atomic E-state index is 0. The van der Waals surface area contributed by atoms with Gasteiger partial charge in [-0.05, 0) is 24.0 Å². The van der Waals surface area contributed by atoms with E-state index in [4.69, 9.17) is 0 Å². The lowest BCUT2D eigenvalue weighted by Crippen LogP contribution is -2.37. The molecule has 0 saturated carbocycles. The monoisotopic (exact) mass is 416 g/mol. The highest BCUT2D eigenvalue weighted by atomic mass is 127. The van der Waals surface area contributed by atoms with Crippen molar-refractivity contribution in [2.75, 3.05) is 25.6 Å². The predicted molar refractivity (Wildman–Crippen MR) is 104 cm³/mol. The lowest BCUT2D eigenvalue weighted by Gasteiger charge is -2.12. The summed E-state index contributed by atoms with van der Waals surface area (Å²) in [6, 6.07) is 10.2. The SMILES string of the molecule is CN=C(NCCSC)NCc1ccnc2ccccc12.I. The second-order valence-electron chi connectivity index (χ2n) is 4.33. The molecule has 114 valence electrons. The fourth-order valence-electron chi connectivity index (χ4n) is 1.98. The van der Waals surface area contributed by atoms with E-state index in [1.165, 1.54) is 10.9 Å². The lowest BCUT2D eigenvalue weighted by atomic mass is 10.1. The topological polar surface area (TPSA) is 49.3 Å². The van der Waals surface area contributed by atoms with Crippen molar-refractivity contribution in [3.05, 3.63) is 42.1 Å². The van der Waals surface area contributed by atoms with Crippen LogP contribution in [0.5, 0.6) is 0 Å². The molecule has 0 amide bonds. The van der Waals surface area contributed by atoms with Crippen molar-refractivity contribution in [1.29, 1.82) is 0 Å². The molecule has 1 heterocycles. The standard InChI is InChI=1S/C15H20N4S.HI/c1-16-15(18-9-10-20-2)19-11-12-7-8-17-14-6-4-3-5-13(12)14;/h3-8H,9-11H2,1-2H3,(H2,16,18,19);1H. The number of aliphatic imine (C=N–C) groups is 1. The third-order valence-electron chi connectivity index (χ3n) is 3.01. The summed E-state index contributed by atoms with van der Waals surface area (Å²) in [4.78, 5) is 8.60. The fourth-order valence-corrected chi connectivity index (χ4v) is 2.29. The van der Waals surface area contributed by atoms with E-state index in [9.17, 15) is 0 Å². The zero-order chi connectivity index (χ0) is 14.2. The highest BCUT2D eigenvalue weighted by molar-refractivity contribution is 14.0. The second-order valence-corrected chi connectivity index (χ2v) is 5.32. The van der Waals surface area contributed by atoms with Gasteiger partial charge in [-0.15, -0.1) is 24.0 Å². The number of nitrogens with zero attached hydrogens (tertiary/aromatic N) is 2. The van der Waals surface area contributed by atoms with Crippen LogP contribution in [0, 0.1) is 0 Å². The molecule has 0 radical (unpaired) electrons. The molecule has 0 spiro atoms. The summed E-state index contributed by atoms with van der Waals surface area (Å²) >= 11 is 1.82. The quantitative estimate of drug-likeness (QED) is 0.341. The first kappa shape index (κ1) is 18.0. The molecule has 0 aliphatic rings. The van der Waals surface area contributed by atoms with Gasteiger partial charge in [0.15, 0.2) is 5.96 Å². The van der Waals surface area contributed by atoms with Crippen LogP contribution in [-0.4, -0.2) is 36.5 Å². The highest BCUT2D eigenvalue weighted by Gasteiger charge is 2.02. The summed E-state index contributed by atoms with van der Waals surface area (Å²) in [7, 11) is 1.79. The van der Waals surface area contributed by atoms with Crippen LogP contribution in [0.4, 0.5) is 0 Å². The number of halogens is 1. The zero-order valence-corrected chi connectivity index (χ0v) is 15.4. The van der Waals surface area contributed by atoms with Crippen LogP contribution in [0.25, 0.3) is 10.9 Å². The molecule has 6 heteroatoms. The second kappa shape index (κ2) is 9.83. The Morgan fingerprint density at radius 1 is 1.24 bits per heavy atom. The van der Waals surface area contributed by atoms with Gasteiger partial charge in [-0.1, -0.05) is 18.2 Å². The van der Waals surface area contributed by atoms with Gasteiger partial charge >= 0.3 is 0 Å². The summed E-state index contributed by atoms with van der Waals surface area (Å²) < 4.78 is 0. The Morgan fingerprint density at radius 2 is 2.05 bits per heavy atom. The molecule has 0 atom stereocenters. The molecule has 0 fully saturated rings. The molecule has 2 aromatic rings. The van der Waals surface area contributed by atoms with Crippen molar-refractivity contribution >= 4 is 52.6 Å². The Morgan fingerprint density at radius 3 is 2.81 bits per heavy atom. The lowest BCUT2D eigenvalue weighted by molar-refractivity contribution is 0.836. The number of thioether (sulfide) groups is 1. The van der Waals surface area contributed by atoms with Gasteiger partial charge in [-0.3, -0.25) is 9.98 Å². The summed E-state index contributed by atoms with van der Waals surface area (Å²) in [5.74, 6) is 1.90. The van der Waals surface area contributed by atoms with Gasteiger partial charge in [0.25, 0.3) is 0 Å². The van der Waals surface area contributed by atoms with Gasteiger partial charge in [-0.2, -0.15) is 11.8 Å². The zero-order valence-electron chi connectivity index (χ0n) is 12.3. The third kappa shape index (κ3) is 5.35. The summed E-state index contributed by atoms with van der Waals surface area (Å²) in [6.07, 6.45) is 3.95. The summed E-state index contributed by atoms with van der Waals surface area (Å²) in [6.45, 7) is 1.65. The fraction of sp³-hybridized carbons (Fsp3) is 0.333. The molecule has 2 rings (SSSR count). The number of nitrogens with one attached hydrogen (secondary N) is 2. The number of guanidine groups is 1. The number of hydrogen-bond donors (Lipinski definition) is 2. The van der Waals surface area contributed by atoms with Crippen molar-refractivity contribution in [3.8, 4) is 0 Å². The summed E-state index contributed by atoms with van der Waals surface area (Å²) in [5, 5.41) is 7.81. The van der Waals surface area contributed by atoms with Gasteiger partial charge < -0.3 is 10.6 Å². The molecule has 0 aliphatic carbocycles. The molecule has 0 bridgehead atoms. The van der Waals surface area contributed by atoms with Crippen molar-refractivity contribution in [2.45, 2.75) is 6.54 Å². The number of para-hydroxylation sites is 1. The maximum atomic E-state index is 4.37. The van der Waals surface area contributed by atoms with E-state index >= 15 is 0 Å². The predicted octanol–water partition coefficient (Wildman–Crippen LogP) is 2.88. The molecule has 2 N–H and O–H groups in total. The van der Waals surface area contributed by atoms with Crippen LogP contribution < -0.4 is 10.6 Å². The molecule has 4 nitrogen and oxygen atoms in total. The average Bonchev–Trinajstić information content (AvgIpc) is 2.50. The summed E-state index contributed by atoms with van der Waals surface area (Å²) in [5.41, 5.74) is 2.25. The Kier molecular flexibility index (Phi) is 8.44. The van der Waals surface area contributed by atoms with Crippen LogP contribution in [0.2, 0.25) is 0 Å². The van der Waals surface area contributed by atoms with E-state index in [-0.39, 0.29) is 24.0 Å². The first-order valence-corrected chi connectivity index (χ1v) is 8.00. The maximum absolute atomic E-state index is 4.37. The number of aromatic nitrogens is 1. The number of pyridine rings is 1. The van der Waals surface area contributed by atoms with Crippen molar-refractivity contribution in [1.82, 2.24) is 15.6 Å². The van der Waals surface area contributed by atoms with Crippen LogP contribution in [0.15, 0.2) is 41.5 Å². The molecular weight excluding hydrogens is 395 g/mol. The molecule has 1 aromatic heterocycles. The van der Waals surface area contributed by atoms with E-state index in [0.29, 0.717) is 0 Å². The van der Waals surface area contributed by atoms with E-state index in [1.54, 1.807) is 7.05 Å². The average molecular weight is 416 g/mol. The van der Waals surface area contributed by atoms with E-state index < -0.39 is 0 Å². The molecule has 0 saturated heterocycles. The van der Waals surface area contributed by atoms with E-state index in [1.807, 2.05) is 42.2 Å². The smallest absolute Gasteiger partial charge is 0.191 e. The first-order chi connectivity index (χ1) is 9.85. The minimum absolute atomic E-state index is 0. The minimum Gasteiger partial charge on any atom is -0.356 e. The third-order valence-corrected chi connectivity index (χ3v) is 3.62. The Hall–Kier alpha value is -1.02. The Labute approximate surface area is 147 Å². The van der Waals surface area contributed by atoms with Crippen LogP contribution in [0.1, 0.15) is 5.56 Å². The first-order valence-electron chi connectivity index (χ1n) is 6.61. The molecule has 0 aliphatic heterocycles. The van der Waals surface area contributed by atoms with Gasteiger partial charge in [-0.25, -0.2) is 0 Å². The number of rotatable bonds is 5. The number of hydrogen-bond acceptors (Lipinski definition) is 3. The van der Waals surface area contributed by atoms with Crippen LogP contribution in [-0.2, 0) is 6.54 Å². The molecule has 21 heavy (non-hydrogen) atoms. The van der Waals surface area contributed by atoms with Gasteiger partial charge in [0.1, 0.15) is 0 Å². The van der Waals surface area contributed by atoms with Gasteiger partial charge in [0, 0.05) is 37.5 Å². The van der Waals surface area contributed by atoms with Gasteiger partial charge in [0.2, 0.25) is 0 Å². The van der Waals surface area contributed by atoms with Gasteiger partial charge in [0.05, 0.1) is 5.52 Å². The molecule has 1 aromatic carbocycles. The van der Waals surface area contributed by atoms with Crippen molar-refractivity contribution < 1.29 is 0 Å². The molecular formula is C15H21IN4S. The number of benzene rings is 1. The number of fused-ring (bicyclic) bond motifs is 1. The van der Waals surface area contributed by atoms with Crippen LogP contribution >= 0.6 is 35.7 Å². The Bertz CT molecular complexity index is 583. The van der Waals surface area contributed by atoms with E-state index in [0.717, 1.165) is 30.3 Å². The van der Waals surface area contributed by atoms with E-state index in [2.05, 4.69) is 32.9 Å². The van der Waals surface area contributed by atoms with Crippen molar-refractivity contribution in [2.24, 2.45) is 4.99 Å². The largest absolute Gasteiger partial charge is 0.356 e. The highest BCUT2D eigenvalue weighted by Crippen LogP contribution is 2.15. The Balaban J connectivity index is 0.00000220. The van der Waals surface area contributed by atoms with Crippen molar-refractivity contribution in [3.63, 3.8) is 0 Å². The molecule has 0 unspecified atom stereocenters.